The Balaban J connectivity index is 2.14. The number of aromatic amines is 2. The maximum atomic E-state index is 12.0. The maximum Gasteiger partial charge on any atom is 0.573 e. The first-order valence-electron chi connectivity index (χ1n) is 6.07. The summed E-state index contributed by atoms with van der Waals surface area (Å²) in [6.45, 7) is 0.193. The predicted molar refractivity (Wildman–Crippen MR) is 72.5 cm³/mol. The maximum absolute atomic E-state index is 12.0. The number of hydrogen-bond acceptors (Lipinski definition) is 4. The van der Waals surface area contributed by atoms with Crippen LogP contribution in [0.25, 0.3) is 0 Å². The van der Waals surface area contributed by atoms with Gasteiger partial charge in [0.05, 0.1) is 23.6 Å². The average Bonchev–Trinajstić information content (AvgIpc) is 2.78. The zero-order chi connectivity index (χ0) is 16.2. The largest absolute Gasteiger partial charge is 0.573 e. The molecule has 0 amide bonds. The topological polar surface area (TPSA) is 79.5 Å². The molecule has 1 heterocycles. The molecule has 0 saturated heterocycles. The van der Waals surface area contributed by atoms with Crippen LogP contribution in [0.2, 0.25) is 0 Å². The van der Waals surface area contributed by atoms with Crippen molar-refractivity contribution in [2.45, 2.75) is 13.0 Å². The Morgan fingerprint density at radius 1 is 1.23 bits per heavy atom. The molecule has 0 saturated carbocycles. The van der Waals surface area contributed by atoms with E-state index in [1.807, 2.05) is 0 Å². The number of H-pyrrole nitrogens is 2. The highest BCUT2D eigenvalue weighted by atomic mass is 19.4. The van der Waals surface area contributed by atoms with Crippen molar-refractivity contribution in [3.8, 4) is 5.75 Å². The van der Waals surface area contributed by atoms with E-state index in [4.69, 9.17) is 4.74 Å². The molecule has 0 atom stereocenters. The first kappa shape index (κ1) is 15.8. The highest BCUT2D eigenvalue weighted by molar-refractivity contribution is 5.82. The molecule has 0 aliphatic rings. The second kappa shape index (κ2) is 6.48. The number of methoxy groups -OCH3 is 1. The summed E-state index contributed by atoms with van der Waals surface area (Å²) in [4.78, 5) is 15.6. The Kier molecular flexibility index (Phi) is 4.66. The fraction of sp³-hybridized carbons (Fsp3) is 0.231. The van der Waals surface area contributed by atoms with Crippen molar-refractivity contribution >= 4 is 11.9 Å². The summed E-state index contributed by atoms with van der Waals surface area (Å²) in [5, 5.41) is 5.04. The van der Waals surface area contributed by atoms with Crippen LogP contribution in [0.15, 0.2) is 34.1 Å². The van der Waals surface area contributed by atoms with Gasteiger partial charge in [-0.15, -0.1) is 13.2 Å². The fourth-order valence-electron chi connectivity index (χ4n) is 1.67. The van der Waals surface area contributed by atoms with E-state index in [1.54, 1.807) is 0 Å². The molecular formula is C13H12F3N3O3. The summed E-state index contributed by atoms with van der Waals surface area (Å²) in [7, 11) is 1.48. The SMILES string of the molecule is COCc1[nH][nH]c(=O)c1C=Nc1ccc(OC(F)(F)F)cc1. The number of hydrogen-bond donors (Lipinski definition) is 2. The van der Waals surface area contributed by atoms with Gasteiger partial charge in [0.1, 0.15) is 5.75 Å². The number of ether oxygens (including phenoxy) is 2. The van der Waals surface area contributed by atoms with Crippen LogP contribution < -0.4 is 10.3 Å². The molecule has 2 N–H and O–H groups in total. The summed E-state index contributed by atoms with van der Waals surface area (Å²) in [6, 6.07) is 4.96. The van der Waals surface area contributed by atoms with Gasteiger partial charge in [0, 0.05) is 13.3 Å². The number of benzene rings is 1. The van der Waals surface area contributed by atoms with Crippen LogP contribution in [0.3, 0.4) is 0 Å². The minimum absolute atomic E-state index is 0.193. The van der Waals surface area contributed by atoms with Gasteiger partial charge in [0.25, 0.3) is 5.56 Å². The van der Waals surface area contributed by atoms with Crippen molar-refractivity contribution in [3.05, 3.63) is 45.9 Å². The third-order valence-corrected chi connectivity index (χ3v) is 2.60. The van der Waals surface area contributed by atoms with Crippen molar-refractivity contribution in [3.63, 3.8) is 0 Å². The van der Waals surface area contributed by atoms with E-state index < -0.39 is 6.36 Å². The van der Waals surface area contributed by atoms with E-state index in [0.29, 0.717) is 11.4 Å². The standard InChI is InChI=1S/C13H12F3N3O3/c1-21-7-11-10(12(20)19-18-11)6-17-8-2-4-9(5-3-8)22-13(14,15)16/h2-6H,7H2,1H3,(H2,18,19,20). The molecule has 2 aromatic rings. The number of aromatic nitrogens is 2. The van der Waals surface area contributed by atoms with Crippen molar-refractivity contribution < 1.29 is 22.6 Å². The molecule has 1 aromatic heterocycles. The minimum atomic E-state index is -4.74. The molecule has 2 rings (SSSR count). The highest BCUT2D eigenvalue weighted by Crippen LogP contribution is 2.24. The molecule has 0 unspecified atom stereocenters. The van der Waals surface area contributed by atoms with Crippen molar-refractivity contribution in [1.29, 1.82) is 0 Å². The minimum Gasteiger partial charge on any atom is -0.406 e. The third-order valence-electron chi connectivity index (χ3n) is 2.60. The van der Waals surface area contributed by atoms with E-state index in [2.05, 4.69) is 19.9 Å². The molecular weight excluding hydrogens is 303 g/mol. The van der Waals surface area contributed by atoms with Gasteiger partial charge in [-0.3, -0.25) is 20.0 Å². The Labute approximate surface area is 122 Å². The van der Waals surface area contributed by atoms with Crippen LogP contribution in [0, 0.1) is 0 Å². The lowest BCUT2D eigenvalue weighted by molar-refractivity contribution is -0.274. The summed E-state index contributed by atoms with van der Waals surface area (Å²) in [5.41, 5.74) is 0.817. The Morgan fingerprint density at radius 2 is 1.91 bits per heavy atom. The first-order valence-corrected chi connectivity index (χ1v) is 6.07. The van der Waals surface area contributed by atoms with Gasteiger partial charge in [0.2, 0.25) is 0 Å². The van der Waals surface area contributed by atoms with Crippen molar-refractivity contribution in [2.24, 2.45) is 4.99 Å². The van der Waals surface area contributed by atoms with Gasteiger partial charge in [-0.25, -0.2) is 0 Å². The molecule has 0 bridgehead atoms. The van der Waals surface area contributed by atoms with Gasteiger partial charge in [0.15, 0.2) is 0 Å². The van der Waals surface area contributed by atoms with Crippen LogP contribution in [-0.4, -0.2) is 29.9 Å². The quantitative estimate of drug-likeness (QED) is 0.832. The molecule has 1 aromatic carbocycles. The van der Waals surface area contributed by atoms with Crippen molar-refractivity contribution in [2.75, 3.05) is 7.11 Å². The number of aliphatic imine (C=N–C) groups is 1. The van der Waals surface area contributed by atoms with Crippen LogP contribution in [-0.2, 0) is 11.3 Å². The molecule has 9 heteroatoms. The Hall–Kier alpha value is -2.55. The zero-order valence-corrected chi connectivity index (χ0v) is 11.4. The number of nitrogens with one attached hydrogen (secondary N) is 2. The van der Waals surface area contributed by atoms with Crippen LogP contribution in [0.5, 0.6) is 5.75 Å². The van der Waals surface area contributed by atoms with Gasteiger partial charge < -0.3 is 9.47 Å². The summed E-state index contributed by atoms with van der Waals surface area (Å²) >= 11 is 0. The number of halogens is 3. The molecule has 0 aliphatic carbocycles. The fourth-order valence-corrected chi connectivity index (χ4v) is 1.67. The number of rotatable bonds is 5. The Bertz CT molecular complexity index is 702. The zero-order valence-electron chi connectivity index (χ0n) is 11.4. The van der Waals surface area contributed by atoms with Gasteiger partial charge in [-0.05, 0) is 24.3 Å². The first-order chi connectivity index (χ1) is 10.4. The smallest absolute Gasteiger partial charge is 0.406 e. The second-order valence-corrected chi connectivity index (χ2v) is 4.20. The molecule has 0 fully saturated rings. The van der Waals surface area contributed by atoms with E-state index in [9.17, 15) is 18.0 Å². The van der Waals surface area contributed by atoms with Crippen LogP contribution in [0.4, 0.5) is 18.9 Å². The lowest BCUT2D eigenvalue weighted by atomic mass is 10.2. The van der Waals surface area contributed by atoms with Gasteiger partial charge in [-0.2, -0.15) is 0 Å². The molecule has 6 nitrogen and oxygen atoms in total. The lowest BCUT2D eigenvalue weighted by Gasteiger charge is -2.08. The predicted octanol–water partition coefficient (Wildman–Crippen LogP) is 2.50. The Morgan fingerprint density at radius 3 is 2.50 bits per heavy atom. The monoisotopic (exact) mass is 315 g/mol. The summed E-state index contributed by atoms with van der Waals surface area (Å²) in [6.07, 6.45) is -3.43. The molecule has 118 valence electrons. The van der Waals surface area contributed by atoms with Gasteiger partial charge in [-0.1, -0.05) is 0 Å². The number of nitrogens with zero attached hydrogens (tertiary/aromatic N) is 1. The van der Waals surface area contributed by atoms with Crippen LogP contribution >= 0.6 is 0 Å². The molecule has 0 spiro atoms. The van der Waals surface area contributed by atoms with E-state index in [0.717, 1.165) is 12.1 Å². The second-order valence-electron chi connectivity index (χ2n) is 4.20. The summed E-state index contributed by atoms with van der Waals surface area (Å²) < 4.78 is 44.8. The molecule has 22 heavy (non-hydrogen) atoms. The third kappa shape index (κ3) is 4.22. The van der Waals surface area contributed by atoms with Gasteiger partial charge >= 0.3 is 6.36 Å². The van der Waals surface area contributed by atoms with E-state index in [-0.39, 0.29) is 23.5 Å². The average molecular weight is 315 g/mol. The molecule has 0 radical (unpaired) electrons. The lowest BCUT2D eigenvalue weighted by Crippen LogP contribution is -2.16. The van der Waals surface area contributed by atoms with E-state index >= 15 is 0 Å². The highest BCUT2D eigenvalue weighted by Gasteiger charge is 2.30. The van der Waals surface area contributed by atoms with Crippen molar-refractivity contribution in [1.82, 2.24) is 10.2 Å². The normalized spacial score (nSPS) is 12.0. The molecule has 0 aliphatic heterocycles. The van der Waals surface area contributed by atoms with E-state index in [1.165, 1.54) is 25.5 Å². The number of alkyl halides is 3. The summed E-state index contributed by atoms with van der Waals surface area (Å²) in [5.74, 6) is -0.342. The van der Waals surface area contributed by atoms with Crippen LogP contribution in [0.1, 0.15) is 11.3 Å².